The van der Waals surface area contributed by atoms with Gasteiger partial charge in [-0.3, -0.25) is 9.69 Å². The minimum Gasteiger partial charge on any atom is -0.504 e. The van der Waals surface area contributed by atoms with Crippen molar-refractivity contribution in [3.05, 3.63) is 59.0 Å². The molecule has 4 rings (SSSR count). The van der Waals surface area contributed by atoms with Crippen molar-refractivity contribution >= 4 is 34.1 Å². The van der Waals surface area contributed by atoms with Crippen molar-refractivity contribution in [1.29, 1.82) is 0 Å². The number of aryl methyl sites for hydroxylation is 1. The SMILES string of the molecule is COc1ccc(C2SCC(=O)N2c2nc(-c3ccc(C)cc3)cs2)cc1O. The quantitative estimate of drug-likeness (QED) is 0.695. The lowest BCUT2D eigenvalue weighted by Gasteiger charge is -2.22. The zero-order valence-electron chi connectivity index (χ0n) is 14.9. The molecule has 7 heteroatoms. The van der Waals surface area contributed by atoms with E-state index in [0.29, 0.717) is 16.6 Å². The fourth-order valence-electron chi connectivity index (χ4n) is 2.97. The Morgan fingerprint density at radius 3 is 2.70 bits per heavy atom. The van der Waals surface area contributed by atoms with E-state index in [9.17, 15) is 9.90 Å². The summed E-state index contributed by atoms with van der Waals surface area (Å²) in [6, 6.07) is 13.4. The van der Waals surface area contributed by atoms with Crippen LogP contribution in [0.1, 0.15) is 16.5 Å². The summed E-state index contributed by atoms with van der Waals surface area (Å²) in [4.78, 5) is 19.0. The monoisotopic (exact) mass is 398 g/mol. The van der Waals surface area contributed by atoms with Gasteiger partial charge in [0.2, 0.25) is 5.91 Å². The first-order valence-corrected chi connectivity index (χ1v) is 10.3. The number of methoxy groups -OCH3 is 1. The van der Waals surface area contributed by atoms with Crippen molar-refractivity contribution in [2.24, 2.45) is 0 Å². The molecule has 138 valence electrons. The molecule has 1 aliphatic heterocycles. The maximum Gasteiger partial charge on any atom is 0.240 e. The lowest BCUT2D eigenvalue weighted by Crippen LogP contribution is -2.27. The Morgan fingerprint density at radius 2 is 2.00 bits per heavy atom. The van der Waals surface area contributed by atoms with Crippen LogP contribution in [0.2, 0.25) is 0 Å². The Morgan fingerprint density at radius 1 is 1.22 bits per heavy atom. The number of benzene rings is 2. The smallest absolute Gasteiger partial charge is 0.240 e. The van der Waals surface area contributed by atoms with Crippen LogP contribution in [0.5, 0.6) is 11.5 Å². The van der Waals surface area contributed by atoms with Gasteiger partial charge in [0.1, 0.15) is 5.37 Å². The van der Waals surface area contributed by atoms with Gasteiger partial charge in [-0.2, -0.15) is 0 Å². The van der Waals surface area contributed by atoms with Crippen LogP contribution in [-0.4, -0.2) is 28.9 Å². The Kier molecular flexibility index (Phi) is 4.80. The molecule has 1 fully saturated rings. The molecule has 1 aromatic heterocycles. The molecular formula is C20H18N2O3S2. The number of thiazole rings is 1. The molecule has 5 nitrogen and oxygen atoms in total. The van der Waals surface area contributed by atoms with Crippen LogP contribution in [0.4, 0.5) is 5.13 Å². The molecule has 0 spiro atoms. The number of thioether (sulfide) groups is 1. The Balaban J connectivity index is 1.66. The minimum absolute atomic E-state index is 0.0186. The van der Waals surface area contributed by atoms with E-state index < -0.39 is 0 Å². The molecule has 0 radical (unpaired) electrons. The third-order valence-corrected chi connectivity index (χ3v) is 6.45. The standard InChI is InChI=1S/C20H18N2O3S2/c1-12-3-5-13(6-4-12)15-10-27-20(21-15)22-18(24)11-26-19(22)14-7-8-17(25-2)16(23)9-14/h3-10,19,23H,11H2,1-2H3. The molecule has 1 saturated heterocycles. The molecule has 1 unspecified atom stereocenters. The van der Waals surface area contributed by atoms with E-state index in [1.165, 1.54) is 35.8 Å². The van der Waals surface area contributed by atoms with E-state index in [0.717, 1.165) is 16.8 Å². The molecule has 1 amide bonds. The molecule has 1 aliphatic rings. The highest BCUT2D eigenvalue weighted by Crippen LogP contribution is 2.45. The number of hydrogen-bond acceptors (Lipinski definition) is 6. The maximum absolute atomic E-state index is 12.5. The van der Waals surface area contributed by atoms with Crippen LogP contribution in [-0.2, 0) is 4.79 Å². The Bertz CT molecular complexity index is 985. The first-order chi connectivity index (χ1) is 13.1. The molecule has 27 heavy (non-hydrogen) atoms. The van der Waals surface area contributed by atoms with Gasteiger partial charge >= 0.3 is 0 Å². The van der Waals surface area contributed by atoms with Gasteiger partial charge < -0.3 is 9.84 Å². The fourth-order valence-corrected chi connectivity index (χ4v) is 5.06. The summed E-state index contributed by atoms with van der Waals surface area (Å²) >= 11 is 2.98. The van der Waals surface area contributed by atoms with Crippen LogP contribution in [0, 0.1) is 6.92 Å². The summed E-state index contributed by atoms with van der Waals surface area (Å²) in [5, 5.41) is 12.5. The molecule has 0 aliphatic carbocycles. The highest BCUT2D eigenvalue weighted by Gasteiger charge is 2.36. The van der Waals surface area contributed by atoms with Crippen molar-refractivity contribution in [3.8, 4) is 22.8 Å². The predicted octanol–water partition coefficient (Wildman–Crippen LogP) is 4.61. The zero-order valence-corrected chi connectivity index (χ0v) is 16.5. The summed E-state index contributed by atoms with van der Waals surface area (Å²) in [6.45, 7) is 2.05. The van der Waals surface area contributed by atoms with Crippen LogP contribution in [0.25, 0.3) is 11.3 Å². The first kappa shape index (κ1) is 17.9. The number of amides is 1. The van der Waals surface area contributed by atoms with Gasteiger partial charge in [0.25, 0.3) is 0 Å². The van der Waals surface area contributed by atoms with Gasteiger partial charge in [-0.05, 0) is 24.6 Å². The van der Waals surface area contributed by atoms with Gasteiger partial charge in [0.15, 0.2) is 16.6 Å². The van der Waals surface area contributed by atoms with E-state index in [-0.39, 0.29) is 17.0 Å². The number of hydrogen-bond donors (Lipinski definition) is 1. The first-order valence-electron chi connectivity index (χ1n) is 8.40. The number of carbonyl (C=O) groups is 1. The molecule has 1 atom stereocenters. The Hall–Kier alpha value is -2.51. The third-order valence-electron chi connectivity index (χ3n) is 4.40. The van der Waals surface area contributed by atoms with Gasteiger partial charge in [0.05, 0.1) is 18.6 Å². The van der Waals surface area contributed by atoms with E-state index in [4.69, 9.17) is 9.72 Å². The van der Waals surface area contributed by atoms with Gasteiger partial charge in [-0.1, -0.05) is 35.9 Å². The van der Waals surface area contributed by atoms with Gasteiger partial charge in [-0.25, -0.2) is 4.98 Å². The summed E-state index contributed by atoms with van der Waals surface area (Å²) in [6.07, 6.45) is 0. The number of ether oxygens (including phenoxy) is 1. The second-order valence-electron chi connectivity index (χ2n) is 6.24. The third kappa shape index (κ3) is 3.40. The average molecular weight is 399 g/mol. The van der Waals surface area contributed by atoms with Crippen LogP contribution in [0.15, 0.2) is 47.8 Å². The molecule has 2 heterocycles. The lowest BCUT2D eigenvalue weighted by molar-refractivity contribution is -0.115. The zero-order chi connectivity index (χ0) is 19.0. The number of rotatable bonds is 4. The van der Waals surface area contributed by atoms with Gasteiger partial charge in [0, 0.05) is 10.9 Å². The van der Waals surface area contributed by atoms with E-state index >= 15 is 0 Å². The highest BCUT2D eigenvalue weighted by atomic mass is 32.2. The number of phenolic OH excluding ortho intramolecular Hbond substituents is 1. The number of aromatic hydroxyl groups is 1. The van der Waals surface area contributed by atoms with E-state index in [2.05, 4.69) is 0 Å². The summed E-state index contributed by atoms with van der Waals surface area (Å²) in [7, 11) is 1.51. The number of nitrogens with zero attached hydrogens (tertiary/aromatic N) is 2. The summed E-state index contributed by atoms with van der Waals surface area (Å²) in [5.74, 6) is 0.881. The van der Waals surface area contributed by atoms with Crippen molar-refractivity contribution in [1.82, 2.24) is 4.98 Å². The molecule has 0 bridgehead atoms. The number of anilines is 1. The normalized spacial score (nSPS) is 16.7. The van der Waals surface area contributed by atoms with E-state index in [1.807, 2.05) is 42.6 Å². The largest absolute Gasteiger partial charge is 0.504 e. The average Bonchev–Trinajstić information content (AvgIpc) is 3.29. The highest BCUT2D eigenvalue weighted by molar-refractivity contribution is 8.00. The second kappa shape index (κ2) is 7.25. The molecule has 2 aromatic carbocycles. The molecule has 1 N–H and O–H groups in total. The van der Waals surface area contributed by atoms with Crippen molar-refractivity contribution in [3.63, 3.8) is 0 Å². The molecule has 3 aromatic rings. The van der Waals surface area contributed by atoms with Crippen LogP contribution < -0.4 is 9.64 Å². The van der Waals surface area contributed by atoms with Crippen molar-refractivity contribution in [2.45, 2.75) is 12.3 Å². The van der Waals surface area contributed by atoms with Crippen LogP contribution in [0.3, 0.4) is 0 Å². The van der Waals surface area contributed by atoms with E-state index in [1.54, 1.807) is 17.0 Å². The van der Waals surface area contributed by atoms with Crippen LogP contribution >= 0.6 is 23.1 Å². The topological polar surface area (TPSA) is 62.7 Å². The maximum atomic E-state index is 12.5. The molecule has 0 saturated carbocycles. The summed E-state index contributed by atoms with van der Waals surface area (Å²) in [5.41, 5.74) is 3.92. The Labute approximate surface area is 165 Å². The lowest BCUT2D eigenvalue weighted by atomic mass is 10.1. The number of phenols is 1. The second-order valence-corrected chi connectivity index (χ2v) is 8.14. The number of aromatic nitrogens is 1. The predicted molar refractivity (Wildman–Crippen MR) is 110 cm³/mol. The minimum atomic E-state index is -0.216. The number of carbonyl (C=O) groups excluding carboxylic acids is 1. The fraction of sp³-hybridized carbons (Fsp3) is 0.200. The summed E-state index contributed by atoms with van der Waals surface area (Å²) < 4.78 is 5.11. The van der Waals surface area contributed by atoms with Crippen molar-refractivity contribution < 1.29 is 14.6 Å². The van der Waals surface area contributed by atoms with Gasteiger partial charge in [-0.15, -0.1) is 23.1 Å². The molecular weight excluding hydrogens is 380 g/mol. The van der Waals surface area contributed by atoms with Crippen molar-refractivity contribution in [2.75, 3.05) is 17.8 Å².